The van der Waals surface area contributed by atoms with Crippen LogP contribution in [0.4, 0.5) is 0 Å². The quantitative estimate of drug-likeness (QED) is 0.601. The third-order valence-electron chi connectivity index (χ3n) is 5.73. The molecular formula is C25H41NO4. The topological polar surface area (TPSA) is 59.0 Å². The molecule has 1 atom stereocenters. The van der Waals surface area contributed by atoms with Crippen molar-refractivity contribution in [3.05, 3.63) is 29.8 Å². The Kier molecular flexibility index (Phi) is 8.74. The largest absolute Gasteiger partial charge is 0.491 e. The molecule has 0 radical (unpaired) electrons. The molecule has 1 aromatic carbocycles. The van der Waals surface area contributed by atoms with E-state index in [1.165, 1.54) is 5.56 Å². The van der Waals surface area contributed by atoms with Crippen molar-refractivity contribution in [3.63, 3.8) is 0 Å². The van der Waals surface area contributed by atoms with Crippen LogP contribution in [0.2, 0.25) is 0 Å². The van der Waals surface area contributed by atoms with Crippen LogP contribution in [-0.4, -0.2) is 54.9 Å². The number of esters is 1. The Labute approximate surface area is 182 Å². The number of piperidine rings is 1. The van der Waals surface area contributed by atoms with Crippen LogP contribution >= 0.6 is 0 Å². The van der Waals surface area contributed by atoms with E-state index < -0.39 is 6.10 Å². The zero-order chi connectivity index (χ0) is 22.4. The van der Waals surface area contributed by atoms with Crippen molar-refractivity contribution in [1.29, 1.82) is 0 Å². The normalized spacial score (nSPS) is 17.6. The SMILES string of the molecule is CCOC(=O)C1CCN(CC(O)COc2ccc(C(C)(C)CC(C)(C)C)cc2)CC1. The first-order valence-electron chi connectivity index (χ1n) is 11.3. The molecule has 1 aliphatic heterocycles. The molecule has 5 nitrogen and oxygen atoms in total. The minimum absolute atomic E-state index is 0.00404. The van der Waals surface area contributed by atoms with Crippen molar-refractivity contribution in [2.24, 2.45) is 11.3 Å². The molecule has 170 valence electrons. The van der Waals surface area contributed by atoms with Gasteiger partial charge in [-0.2, -0.15) is 0 Å². The van der Waals surface area contributed by atoms with E-state index in [0.717, 1.165) is 38.1 Å². The van der Waals surface area contributed by atoms with Crippen LogP contribution in [0.1, 0.15) is 66.4 Å². The monoisotopic (exact) mass is 419 g/mol. The molecule has 0 saturated carbocycles. The molecule has 5 heteroatoms. The molecule has 1 heterocycles. The number of rotatable bonds is 9. The van der Waals surface area contributed by atoms with Gasteiger partial charge in [0, 0.05) is 6.54 Å². The minimum atomic E-state index is -0.554. The molecule has 1 aliphatic rings. The molecule has 1 N–H and O–H groups in total. The van der Waals surface area contributed by atoms with Crippen LogP contribution in [0.25, 0.3) is 0 Å². The number of β-amino-alcohol motifs (C(OH)–C–C–N with tert-alkyl or cyclic N) is 1. The Balaban J connectivity index is 1.76. The van der Waals surface area contributed by atoms with Crippen LogP contribution in [0.3, 0.4) is 0 Å². The lowest BCUT2D eigenvalue weighted by Gasteiger charge is -2.33. The van der Waals surface area contributed by atoms with E-state index >= 15 is 0 Å². The second kappa shape index (κ2) is 10.6. The number of aliphatic hydroxyl groups excluding tert-OH is 1. The fourth-order valence-electron chi connectivity index (χ4n) is 4.58. The number of nitrogens with zero attached hydrogens (tertiary/aromatic N) is 1. The Morgan fingerprint density at radius 3 is 2.27 bits per heavy atom. The predicted octanol–water partition coefficient (Wildman–Crippen LogP) is 4.42. The molecule has 0 aromatic heterocycles. The van der Waals surface area contributed by atoms with Crippen molar-refractivity contribution >= 4 is 5.97 Å². The first kappa shape index (κ1) is 24.7. The summed E-state index contributed by atoms with van der Waals surface area (Å²) >= 11 is 0. The summed E-state index contributed by atoms with van der Waals surface area (Å²) in [6, 6.07) is 8.26. The van der Waals surface area contributed by atoms with Crippen molar-refractivity contribution in [3.8, 4) is 5.75 Å². The summed E-state index contributed by atoms with van der Waals surface area (Å²) in [7, 11) is 0. The lowest BCUT2D eigenvalue weighted by atomic mass is 9.72. The van der Waals surface area contributed by atoms with Crippen LogP contribution in [0, 0.1) is 11.3 Å². The second-order valence-electron chi connectivity index (χ2n) is 10.4. The highest BCUT2D eigenvalue weighted by molar-refractivity contribution is 5.72. The van der Waals surface area contributed by atoms with E-state index in [4.69, 9.17) is 9.47 Å². The van der Waals surface area contributed by atoms with Crippen LogP contribution < -0.4 is 4.74 Å². The van der Waals surface area contributed by atoms with E-state index in [-0.39, 0.29) is 29.3 Å². The zero-order valence-electron chi connectivity index (χ0n) is 19.7. The van der Waals surface area contributed by atoms with Gasteiger partial charge in [-0.05, 0) is 67.8 Å². The van der Waals surface area contributed by atoms with Gasteiger partial charge in [0.15, 0.2) is 0 Å². The zero-order valence-corrected chi connectivity index (χ0v) is 19.7. The maximum Gasteiger partial charge on any atom is 0.309 e. The Morgan fingerprint density at radius 1 is 1.13 bits per heavy atom. The first-order valence-corrected chi connectivity index (χ1v) is 11.3. The standard InChI is InChI=1S/C25H41NO4/c1-7-29-23(28)19-12-14-26(15-13-19)16-21(27)17-30-22-10-8-20(9-11-22)25(5,6)18-24(2,3)4/h8-11,19,21,27H,7,12-18H2,1-6H3. The van der Waals surface area contributed by atoms with Crippen molar-refractivity contribution in [2.45, 2.75) is 72.3 Å². The van der Waals surface area contributed by atoms with Crippen molar-refractivity contribution in [2.75, 3.05) is 32.8 Å². The predicted molar refractivity (Wildman–Crippen MR) is 121 cm³/mol. The minimum Gasteiger partial charge on any atom is -0.491 e. The highest BCUT2D eigenvalue weighted by Crippen LogP contribution is 2.36. The fraction of sp³-hybridized carbons (Fsp3) is 0.720. The van der Waals surface area contributed by atoms with Gasteiger partial charge in [-0.25, -0.2) is 0 Å². The van der Waals surface area contributed by atoms with Gasteiger partial charge in [0.05, 0.1) is 12.5 Å². The van der Waals surface area contributed by atoms with Gasteiger partial charge in [-0.3, -0.25) is 4.79 Å². The number of carbonyl (C=O) groups excluding carboxylic acids is 1. The van der Waals surface area contributed by atoms with E-state index in [1.54, 1.807) is 0 Å². The average molecular weight is 420 g/mol. The van der Waals surface area contributed by atoms with E-state index in [0.29, 0.717) is 13.2 Å². The molecule has 30 heavy (non-hydrogen) atoms. The molecule has 2 rings (SSSR count). The lowest BCUT2D eigenvalue weighted by molar-refractivity contribution is -0.149. The lowest BCUT2D eigenvalue weighted by Crippen LogP contribution is -2.42. The summed E-state index contributed by atoms with van der Waals surface area (Å²) in [5, 5.41) is 10.4. The molecule has 1 saturated heterocycles. The first-order chi connectivity index (χ1) is 14.0. The molecule has 1 unspecified atom stereocenters. The molecular weight excluding hydrogens is 378 g/mol. The summed E-state index contributed by atoms with van der Waals surface area (Å²) in [4.78, 5) is 14.0. The third kappa shape index (κ3) is 7.92. The molecule has 0 bridgehead atoms. The summed E-state index contributed by atoms with van der Waals surface area (Å²) in [6.07, 6.45) is 2.13. The summed E-state index contributed by atoms with van der Waals surface area (Å²) in [6.45, 7) is 16.1. The van der Waals surface area contributed by atoms with Gasteiger partial charge in [0.2, 0.25) is 0 Å². The van der Waals surface area contributed by atoms with Gasteiger partial charge in [0.1, 0.15) is 18.5 Å². The van der Waals surface area contributed by atoms with E-state index in [9.17, 15) is 9.90 Å². The molecule has 0 spiro atoms. The number of likely N-dealkylation sites (tertiary alicyclic amines) is 1. The van der Waals surface area contributed by atoms with Crippen LogP contribution in [0.15, 0.2) is 24.3 Å². The van der Waals surface area contributed by atoms with Crippen LogP contribution in [0.5, 0.6) is 5.75 Å². The smallest absolute Gasteiger partial charge is 0.309 e. The number of carbonyl (C=O) groups is 1. The van der Waals surface area contributed by atoms with Crippen molar-refractivity contribution in [1.82, 2.24) is 4.90 Å². The Morgan fingerprint density at radius 2 is 1.73 bits per heavy atom. The van der Waals surface area contributed by atoms with Gasteiger partial charge in [-0.1, -0.05) is 46.8 Å². The van der Waals surface area contributed by atoms with Gasteiger partial charge < -0.3 is 19.5 Å². The molecule has 1 aromatic rings. The van der Waals surface area contributed by atoms with E-state index in [2.05, 4.69) is 51.7 Å². The highest BCUT2D eigenvalue weighted by atomic mass is 16.5. The summed E-state index contributed by atoms with van der Waals surface area (Å²) < 4.78 is 10.9. The van der Waals surface area contributed by atoms with Crippen LogP contribution in [-0.2, 0) is 14.9 Å². The van der Waals surface area contributed by atoms with Crippen molar-refractivity contribution < 1.29 is 19.4 Å². The number of benzene rings is 1. The maximum absolute atomic E-state index is 11.8. The van der Waals surface area contributed by atoms with Gasteiger partial charge in [-0.15, -0.1) is 0 Å². The second-order valence-corrected chi connectivity index (χ2v) is 10.4. The number of ether oxygens (including phenoxy) is 2. The van der Waals surface area contributed by atoms with Gasteiger partial charge >= 0.3 is 5.97 Å². The average Bonchev–Trinajstić information content (AvgIpc) is 2.65. The Bertz CT molecular complexity index is 655. The molecule has 0 aliphatic carbocycles. The number of aliphatic hydroxyl groups is 1. The van der Waals surface area contributed by atoms with Gasteiger partial charge in [0.25, 0.3) is 0 Å². The Hall–Kier alpha value is -1.59. The number of hydrogen-bond acceptors (Lipinski definition) is 5. The third-order valence-corrected chi connectivity index (χ3v) is 5.73. The summed E-state index contributed by atoms with van der Waals surface area (Å²) in [5.41, 5.74) is 1.68. The van der Waals surface area contributed by atoms with E-state index in [1.807, 2.05) is 19.1 Å². The summed E-state index contributed by atoms with van der Waals surface area (Å²) in [5.74, 6) is 0.691. The highest BCUT2D eigenvalue weighted by Gasteiger charge is 2.28. The fourth-order valence-corrected chi connectivity index (χ4v) is 4.58. The molecule has 0 amide bonds. The number of hydrogen-bond donors (Lipinski definition) is 1. The maximum atomic E-state index is 11.8. The molecule has 1 fully saturated rings.